The molecule has 0 atom stereocenters. The van der Waals surface area contributed by atoms with Gasteiger partial charge in [-0.3, -0.25) is 0 Å². The van der Waals surface area contributed by atoms with Gasteiger partial charge in [0, 0.05) is 24.8 Å². The van der Waals surface area contributed by atoms with E-state index in [4.69, 9.17) is 5.73 Å². The molecule has 0 saturated carbocycles. The van der Waals surface area contributed by atoms with E-state index in [1.807, 2.05) is 0 Å². The van der Waals surface area contributed by atoms with Crippen molar-refractivity contribution in [2.75, 3.05) is 18.8 Å². The summed E-state index contributed by atoms with van der Waals surface area (Å²) < 4.78 is 26.8. The number of carbonyl (C=O) groups is 1. The van der Waals surface area contributed by atoms with Crippen molar-refractivity contribution in [2.24, 2.45) is 0 Å². The number of carboxylic acid groups (broad SMARTS) is 1. The zero-order chi connectivity index (χ0) is 17.3. The van der Waals surface area contributed by atoms with Gasteiger partial charge in [-0.05, 0) is 36.6 Å². The number of rotatable bonds is 4. The van der Waals surface area contributed by atoms with Crippen LogP contribution in [-0.2, 0) is 10.0 Å². The maximum absolute atomic E-state index is 12.7. The van der Waals surface area contributed by atoms with Gasteiger partial charge in [-0.15, -0.1) is 0 Å². The van der Waals surface area contributed by atoms with Crippen LogP contribution in [-0.4, -0.2) is 41.9 Å². The highest BCUT2D eigenvalue weighted by Crippen LogP contribution is 2.28. The molecule has 2 aromatic rings. The molecule has 0 radical (unpaired) electrons. The van der Waals surface area contributed by atoms with E-state index in [0.29, 0.717) is 24.2 Å². The fourth-order valence-corrected chi connectivity index (χ4v) is 4.34. The van der Waals surface area contributed by atoms with Gasteiger partial charge in [0.05, 0.1) is 10.5 Å². The number of pyridine rings is 1. The van der Waals surface area contributed by atoms with E-state index in [1.165, 1.54) is 28.7 Å². The topological polar surface area (TPSA) is 114 Å². The van der Waals surface area contributed by atoms with Crippen LogP contribution in [0.25, 0.3) is 11.1 Å². The first-order valence-corrected chi connectivity index (χ1v) is 8.93. The van der Waals surface area contributed by atoms with Crippen LogP contribution in [0, 0.1) is 0 Å². The minimum absolute atomic E-state index is 0.0155. The second-order valence-electron chi connectivity index (χ2n) is 5.60. The van der Waals surface area contributed by atoms with Crippen LogP contribution in [0.5, 0.6) is 0 Å². The summed E-state index contributed by atoms with van der Waals surface area (Å²) in [5.74, 6) is -1.05. The number of hydrogen-bond donors (Lipinski definition) is 2. The lowest BCUT2D eigenvalue weighted by atomic mass is 10.0. The molecule has 1 aromatic heterocycles. The van der Waals surface area contributed by atoms with Gasteiger partial charge in [-0.2, -0.15) is 4.31 Å². The molecule has 3 rings (SSSR count). The quantitative estimate of drug-likeness (QED) is 0.872. The van der Waals surface area contributed by atoms with Crippen molar-refractivity contribution < 1.29 is 18.3 Å². The summed E-state index contributed by atoms with van der Waals surface area (Å²) in [5.41, 5.74) is 6.33. The third-order valence-electron chi connectivity index (χ3n) is 4.00. The fourth-order valence-electron chi connectivity index (χ4n) is 2.78. The minimum Gasteiger partial charge on any atom is -0.478 e. The van der Waals surface area contributed by atoms with E-state index in [0.717, 1.165) is 12.8 Å². The monoisotopic (exact) mass is 347 g/mol. The summed E-state index contributed by atoms with van der Waals surface area (Å²) in [6.07, 6.45) is 3.05. The van der Waals surface area contributed by atoms with Crippen LogP contribution in [0.15, 0.2) is 41.4 Å². The van der Waals surface area contributed by atoms with Crippen LogP contribution in [0.1, 0.15) is 23.2 Å². The average Bonchev–Trinajstić information content (AvgIpc) is 3.10. The number of anilines is 1. The van der Waals surface area contributed by atoms with Gasteiger partial charge >= 0.3 is 5.97 Å². The number of hydrogen-bond acceptors (Lipinski definition) is 5. The number of nitrogens with zero attached hydrogens (tertiary/aromatic N) is 2. The van der Waals surface area contributed by atoms with Crippen LogP contribution in [0.3, 0.4) is 0 Å². The Morgan fingerprint density at radius 1 is 1.21 bits per heavy atom. The Labute approximate surface area is 139 Å². The molecule has 126 valence electrons. The molecule has 8 heteroatoms. The van der Waals surface area contributed by atoms with Crippen molar-refractivity contribution >= 4 is 21.8 Å². The maximum Gasteiger partial charge on any atom is 0.336 e. The first kappa shape index (κ1) is 16.4. The summed E-state index contributed by atoms with van der Waals surface area (Å²) in [4.78, 5) is 15.5. The lowest BCUT2D eigenvalue weighted by molar-refractivity contribution is 0.0697. The Morgan fingerprint density at radius 3 is 2.58 bits per heavy atom. The second kappa shape index (κ2) is 6.21. The Kier molecular flexibility index (Phi) is 4.25. The van der Waals surface area contributed by atoms with Crippen molar-refractivity contribution in [3.8, 4) is 11.1 Å². The molecule has 1 aromatic carbocycles. The SMILES string of the molecule is Nc1cc(C(=O)O)c(-c2cccc(S(=O)(=O)N3CCCC3)c2)cn1. The molecule has 0 unspecified atom stereocenters. The van der Waals surface area contributed by atoms with E-state index in [9.17, 15) is 18.3 Å². The van der Waals surface area contributed by atoms with Crippen LogP contribution < -0.4 is 5.73 Å². The maximum atomic E-state index is 12.7. The highest BCUT2D eigenvalue weighted by atomic mass is 32.2. The van der Waals surface area contributed by atoms with Crippen LogP contribution >= 0.6 is 0 Å². The predicted octanol–water partition coefficient (Wildman–Crippen LogP) is 1.81. The van der Waals surface area contributed by atoms with E-state index in [1.54, 1.807) is 12.1 Å². The molecule has 3 N–H and O–H groups in total. The Morgan fingerprint density at radius 2 is 1.92 bits per heavy atom. The number of aromatic carboxylic acids is 1. The molecular weight excluding hydrogens is 330 g/mol. The lowest BCUT2D eigenvalue weighted by Crippen LogP contribution is -2.27. The van der Waals surface area contributed by atoms with Crippen molar-refractivity contribution in [3.63, 3.8) is 0 Å². The van der Waals surface area contributed by atoms with Crippen molar-refractivity contribution in [1.29, 1.82) is 0 Å². The van der Waals surface area contributed by atoms with Gasteiger partial charge in [0.25, 0.3) is 0 Å². The van der Waals surface area contributed by atoms with Crippen LogP contribution in [0.2, 0.25) is 0 Å². The van der Waals surface area contributed by atoms with Crippen molar-refractivity contribution in [2.45, 2.75) is 17.7 Å². The van der Waals surface area contributed by atoms with E-state index in [-0.39, 0.29) is 16.3 Å². The molecule has 0 aliphatic carbocycles. The molecule has 24 heavy (non-hydrogen) atoms. The molecule has 1 aliphatic rings. The van der Waals surface area contributed by atoms with E-state index < -0.39 is 16.0 Å². The average molecular weight is 347 g/mol. The van der Waals surface area contributed by atoms with Gasteiger partial charge in [0.2, 0.25) is 10.0 Å². The standard InChI is InChI=1S/C16H17N3O4S/c17-15-9-13(16(20)21)14(10-18-15)11-4-3-5-12(8-11)24(22,23)19-6-1-2-7-19/h3-5,8-10H,1-2,6-7H2,(H2,17,18)(H,20,21). The number of nitrogens with two attached hydrogens (primary N) is 1. The molecule has 1 fully saturated rings. The zero-order valence-corrected chi connectivity index (χ0v) is 13.7. The van der Waals surface area contributed by atoms with Crippen molar-refractivity contribution in [3.05, 3.63) is 42.1 Å². The first-order valence-electron chi connectivity index (χ1n) is 7.49. The lowest BCUT2D eigenvalue weighted by Gasteiger charge is -2.16. The Balaban J connectivity index is 2.08. The number of carboxylic acids is 1. The van der Waals surface area contributed by atoms with Crippen LogP contribution in [0.4, 0.5) is 5.82 Å². The smallest absolute Gasteiger partial charge is 0.336 e. The van der Waals surface area contributed by atoms with Gasteiger partial charge in [-0.25, -0.2) is 18.2 Å². The zero-order valence-electron chi connectivity index (χ0n) is 12.8. The molecule has 1 aliphatic heterocycles. The number of benzene rings is 1. The minimum atomic E-state index is -3.57. The summed E-state index contributed by atoms with van der Waals surface area (Å²) in [6, 6.07) is 7.51. The Hall–Kier alpha value is -2.45. The summed E-state index contributed by atoms with van der Waals surface area (Å²) >= 11 is 0. The molecular formula is C16H17N3O4S. The van der Waals surface area contributed by atoms with Gasteiger partial charge < -0.3 is 10.8 Å². The van der Waals surface area contributed by atoms with Gasteiger partial charge in [-0.1, -0.05) is 12.1 Å². The van der Waals surface area contributed by atoms with Gasteiger partial charge in [0.1, 0.15) is 5.82 Å². The molecule has 0 amide bonds. The largest absolute Gasteiger partial charge is 0.478 e. The van der Waals surface area contributed by atoms with Crippen molar-refractivity contribution in [1.82, 2.24) is 9.29 Å². The molecule has 1 saturated heterocycles. The van der Waals surface area contributed by atoms with E-state index >= 15 is 0 Å². The number of aromatic nitrogens is 1. The first-order chi connectivity index (χ1) is 11.4. The molecule has 0 spiro atoms. The third kappa shape index (κ3) is 2.98. The Bertz CT molecular complexity index is 890. The molecule has 7 nitrogen and oxygen atoms in total. The molecule has 0 bridgehead atoms. The normalized spacial score (nSPS) is 15.5. The third-order valence-corrected chi connectivity index (χ3v) is 5.90. The van der Waals surface area contributed by atoms with E-state index in [2.05, 4.69) is 4.98 Å². The predicted molar refractivity (Wildman–Crippen MR) is 89.0 cm³/mol. The number of nitrogen functional groups attached to an aromatic ring is 1. The summed E-state index contributed by atoms with van der Waals surface area (Å²) in [7, 11) is -3.57. The highest BCUT2D eigenvalue weighted by molar-refractivity contribution is 7.89. The number of sulfonamides is 1. The summed E-state index contributed by atoms with van der Waals surface area (Å²) in [6.45, 7) is 1.02. The fraction of sp³-hybridized carbons (Fsp3) is 0.250. The molecule has 2 heterocycles. The summed E-state index contributed by atoms with van der Waals surface area (Å²) in [5, 5.41) is 9.34. The highest BCUT2D eigenvalue weighted by Gasteiger charge is 2.27. The van der Waals surface area contributed by atoms with Gasteiger partial charge in [0.15, 0.2) is 0 Å². The second-order valence-corrected chi connectivity index (χ2v) is 7.54.